The van der Waals surface area contributed by atoms with E-state index in [9.17, 15) is 4.79 Å². The van der Waals surface area contributed by atoms with Gasteiger partial charge in [0.15, 0.2) is 0 Å². The molecule has 90 valence electrons. The highest BCUT2D eigenvalue weighted by molar-refractivity contribution is 5.88. The average molecular weight is 235 g/mol. The molecule has 0 aromatic carbocycles. The van der Waals surface area contributed by atoms with Crippen molar-refractivity contribution >= 4 is 11.7 Å². The summed E-state index contributed by atoms with van der Waals surface area (Å²) in [6.45, 7) is 1.04. The minimum absolute atomic E-state index is 0.353. The first kappa shape index (κ1) is 11.5. The van der Waals surface area contributed by atoms with Crippen molar-refractivity contribution in [3.8, 4) is 0 Å². The lowest BCUT2D eigenvalue weighted by molar-refractivity contribution is 0.0481. The van der Waals surface area contributed by atoms with Gasteiger partial charge in [0.1, 0.15) is 12.9 Å². The maximum absolute atomic E-state index is 11.7. The second-order valence-electron chi connectivity index (χ2n) is 3.82. The first-order chi connectivity index (χ1) is 8.16. The van der Waals surface area contributed by atoms with Gasteiger partial charge < -0.3 is 9.64 Å². The van der Waals surface area contributed by atoms with Gasteiger partial charge in [0.25, 0.3) is 5.78 Å². The van der Waals surface area contributed by atoms with E-state index in [4.69, 9.17) is 4.74 Å². The Morgan fingerprint density at radius 1 is 1.53 bits per heavy atom. The first-order valence-electron chi connectivity index (χ1n) is 5.14. The van der Waals surface area contributed by atoms with Gasteiger partial charge in [0.05, 0.1) is 5.56 Å². The Morgan fingerprint density at radius 2 is 2.35 bits per heavy atom. The number of carbonyl (C=O) groups excluding carboxylic acids is 1. The van der Waals surface area contributed by atoms with Crippen molar-refractivity contribution in [3.05, 3.63) is 24.3 Å². The van der Waals surface area contributed by atoms with E-state index in [1.807, 2.05) is 19.0 Å². The fourth-order valence-corrected chi connectivity index (χ4v) is 1.24. The molecule has 0 N–H and O–H groups in total. The molecule has 0 saturated heterocycles. The molecular formula is C10H13N5O2. The van der Waals surface area contributed by atoms with Crippen LogP contribution in [0.2, 0.25) is 0 Å². The Bertz CT molecular complexity index is 522. The Morgan fingerprint density at radius 3 is 3.12 bits per heavy atom. The summed E-state index contributed by atoms with van der Waals surface area (Å²) >= 11 is 0. The van der Waals surface area contributed by atoms with Gasteiger partial charge in [-0.2, -0.15) is 0 Å². The van der Waals surface area contributed by atoms with Gasteiger partial charge in [-0.1, -0.05) is 0 Å². The third kappa shape index (κ3) is 2.76. The summed E-state index contributed by atoms with van der Waals surface area (Å²) in [5, 5.41) is 7.43. The number of hydrogen-bond acceptors (Lipinski definition) is 6. The summed E-state index contributed by atoms with van der Waals surface area (Å²) < 4.78 is 6.66. The number of fused-ring (bicyclic) bond motifs is 1. The fraction of sp³-hybridized carbons (Fsp3) is 0.400. The van der Waals surface area contributed by atoms with Crippen LogP contribution in [0.4, 0.5) is 0 Å². The van der Waals surface area contributed by atoms with Crippen LogP contribution in [0.1, 0.15) is 10.4 Å². The number of ether oxygens (including phenoxy) is 1. The molecule has 0 saturated carbocycles. The van der Waals surface area contributed by atoms with E-state index in [-0.39, 0.29) is 0 Å². The van der Waals surface area contributed by atoms with Crippen LogP contribution in [-0.4, -0.2) is 57.7 Å². The Labute approximate surface area is 98.0 Å². The van der Waals surface area contributed by atoms with Crippen LogP contribution in [0.5, 0.6) is 0 Å². The molecule has 2 aromatic heterocycles. The van der Waals surface area contributed by atoms with Crippen LogP contribution >= 0.6 is 0 Å². The van der Waals surface area contributed by atoms with Gasteiger partial charge in [-0.05, 0) is 14.1 Å². The molecule has 0 aliphatic rings. The molecule has 0 radical (unpaired) electrons. The maximum Gasteiger partial charge on any atom is 0.341 e. The quantitative estimate of drug-likeness (QED) is 0.686. The summed E-state index contributed by atoms with van der Waals surface area (Å²) in [5.74, 6) is 0.0600. The smallest absolute Gasteiger partial charge is 0.341 e. The summed E-state index contributed by atoms with van der Waals surface area (Å²) in [6.07, 6.45) is 4.52. The number of likely N-dealkylation sites (N-methyl/N-ethyl adjacent to an activating group) is 1. The highest BCUT2D eigenvalue weighted by Gasteiger charge is 2.09. The van der Waals surface area contributed by atoms with Crippen LogP contribution in [0.3, 0.4) is 0 Å². The van der Waals surface area contributed by atoms with Crippen molar-refractivity contribution in [1.29, 1.82) is 0 Å². The molecule has 0 unspecified atom stereocenters. The van der Waals surface area contributed by atoms with Crippen molar-refractivity contribution in [2.75, 3.05) is 27.2 Å². The number of hydrogen-bond donors (Lipinski definition) is 0. The molecule has 0 atom stereocenters. The van der Waals surface area contributed by atoms with Crippen LogP contribution in [0.15, 0.2) is 18.7 Å². The largest absolute Gasteiger partial charge is 0.461 e. The fourth-order valence-electron chi connectivity index (χ4n) is 1.24. The maximum atomic E-state index is 11.7. The van der Waals surface area contributed by atoms with E-state index in [2.05, 4.69) is 15.2 Å². The molecule has 0 aliphatic heterocycles. The second-order valence-corrected chi connectivity index (χ2v) is 3.82. The van der Waals surface area contributed by atoms with Gasteiger partial charge in [-0.15, -0.1) is 10.2 Å². The van der Waals surface area contributed by atoms with E-state index in [1.165, 1.54) is 12.5 Å². The van der Waals surface area contributed by atoms with Gasteiger partial charge >= 0.3 is 5.97 Å². The molecule has 2 heterocycles. The summed E-state index contributed by atoms with van der Waals surface area (Å²) in [6, 6.07) is 0. The molecule has 2 rings (SSSR count). The van der Waals surface area contributed by atoms with Crippen molar-refractivity contribution in [2.45, 2.75) is 0 Å². The molecule has 0 amide bonds. The zero-order chi connectivity index (χ0) is 12.3. The summed E-state index contributed by atoms with van der Waals surface area (Å²) in [7, 11) is 3.83. The highest BCUT2D eigenvalue weighted by atomic mass is 16.5. The van der Waals surface area contributed by atoms with E-state index >= 15 is 0 Å². The first-order valence-corrected chi connectivity index (χ1v) is 5.14. The van der Waals surface area contributed by atoms with E-state index < -0.39 is 5.97 Å². The predicted molar refractivity (Wildman–Crippen MR) is 59.6 cm³/mol. The Balaban J connectivity index is 2.03. The van der Waals surface area contributed by atoms with Crippen LogP contribution in [0, 0.1) is 0 Å². The number of carbonyl (C=O) groups is 1. The van der Waals surface area contributed by atoms with Crippen molar-refractivity contribution in [2.24, 2.45) is 0 Å². The highest BCUT2D eigenvalue weighted by Crippen LogP contribution is 2.02. The normalized spacial score (nSPS) is 11.0. The number of nitrogens with zero attached hydrogens (tertiary/aromatic N) is 5. The molecule has 0 bridgehead atoms. The lowest BCUT2D eigenvalue weighted by atomic mass is 10.3. The van der Waals surface area contributed by atoms with E-state index in [1.54, 1.807) is 10.6 Å². The molecule has 0 fully saturated rings. The van der Waals surface area contributed by atoms with E-state index in [0.717, 1.165) is 0 Å². The second kappa shape index (κ2) is 4.88. The van der Waals surface area contributed by atoms with Crippen LogP contribution in [0.25, 0.3) is 5.78 Å². The van der Waals surface area contributed by atoms with Gasteiger partial charge in [-0.25, -0.2) is 9.78 Å². The lowest BCUT2D eigenvalue weighted by Crippen LogP contribution is -2.20. The molecule has 0 aliphatic carbocycles. The van der Waals surface area contributed by atoms with Crippen molar-refractivity contribution < 1.29 is 9.53 Å². The van der Waals surface area contributed by atoms with Crippen molar-refractivity contribution in [3.63, 3.8) is 0 Å². The third-order valence-corrected chi connectivity index (χ3v) is 2.16. The zero-order valence-corrected chi connectivity index (χ0v) is 9.70. The predicted octanol–water partition coefficient (Wildman–Crippen LogP) is -0.157. The summed E-state index contributed by atoms with van der Waals surface area (Å²) in [5.41, 5.74) is 0.385. The molecule has 0 spiro atoms. The van der Waals surface area contributed by atoms with Gasteiger partial charge in [0.2, 0.25) is 0 Å². The third-order valence-electron chi connectivity index (χ3n) is 2.16. The monoisotopic (exact) mass is 235 g/mol. The topological polar surface area (TPSA) is 72.6 Å². The van der Waals surface area contributed by atoms with Crippen molar-refractivity contribution in [1.82, 2.24) is 24.5 Å². The minimum atomic E-state index is -0.394. The average Bonchev–Trinajstić information content (AvgIpc) is 2.75. The number of aromatic nitrogens is 4. The van der Waals surface area contributed by atoms with Gasteiger partial charge in [-0.3, -0.25) is 4.40 Å². The molecular weight excluding hydrogens is 222 g/mol. The Kier molecular flexibility index (Phi) is 3.29. The molecule has 2 aromatic rings. The summed E-state index contributed by atoms with van der Waals surface area (Å²) in [4.78, 5) is 17.6. The van der Waals surface area contributed by atoms with Crippen LogP contribution in [-0.2, 0) is 4.74 Å². The Hall–Kier alpha value is -2.02. The van der Waals surface area contributed by atoms with Gasteiger partial charge in [0, 0.05) is 18.9 Å². The SMILES string of the molecule is CN(C)CCOC(=O)c1cnc2nncn2c1. The molecule has 17 heavy (non-hydrogen) atoms. The zero-order valence-electron chi connectivity index (χ0n) is 9.70. The van der Waals surface area contributed by atoms with E-state index in [0.29, 0.717) is 24.5 Å². The molecule has 7 nitrogen and oxygen atoms in total. The number of esters is 1. The minimum Gasteiger partial charge on any atom is -0.461 e. The number of rotatable bonds is 4. The lowest BCUT2D eigenvalue weighted by Gasteiger charge is -2.09. The molecule has 7 heteroatoms. The van der Waals surface area contributed by atoms with Crippen LogP contribution < -0.4 is 0 Å². The standard InChI is InChI=1S/C10H13N5O2/c1-14(2)3-4-17-9(16)8-5-11-10-13-12-7-15(10)6-8/h5-7H,3-4H2,1-2H3.